The van der Waals surface area contributed by atoms with Gasteiger partial charge in [0.2, 0.25) is 11.8 Å². The third-order valence-corrected chi connectivity index (χ3v) is 3.64. The number of nitro benzene ring substituents is 1. The molecule has 1 aliphatic rings. The van der Waals surface area contributed by atoms with Gasteiger partial charge in [0, 0.05) is 29.3 Å². The molecule has 1 fully saturated rings. The second-order valence-electron chi connectivity index (χ2n) is 7.20. The fourth-order valence-corrected chi connectivity index (χ4v) is 2.39. The number of nitrogens with zero attached hydrogens (tertiary/aromatic N) is 3. The highest BCUT2D eigenvalue weighted by Gasteiger charge is 2.27. The van der Waals surface area contributed by atoms with E-state index in [0.29, 0.717) is 23.4 Å². The van der Waals surface area contributed by atoms with Gasteiger partial charge >= 0.3 is 5.69 Å². The largest absolute Gasteiger partial charge is 0.350 e. The Morgan fingerprint density at radius 1 is 1.24 bits per heavy atom. The Labute approximate surface area is 144 Å². The molecule has 7 nitrogen and oxygen atoms in total. The van der Waals surface area contributed by atoms with Gasteiger partial charge in [-0.2, -0.15) is 9.37 Å². The summed E-state index contributed by atoms with van der Waals surface area (Å²) >= 11 is 0. The Morgan fingerprint density at radius 2 is 1.96 bits per heavy atom. The molecule has 0 amide bonds. The molecule has 0 spiro atoms. The van der Waals surface area contributed by atoms with Crippen LogP contribution in [0.4, 0.5) is 27.5 Å². The van der Waals surface area contributed by atoms with Gasteiger partial charge in [0.25, 0.3) is 0 Å². The highest BCUT2D eigenvalue weighted by molar-refractivity contribution is 5.61. The molecule has 25 heavy (non-hydrogen) atoms. The number of halogens is 1. The average Bonchev–Trinajstić information content (AvgIpc) is 3.31. The normalized spacial score (nSPS) is 14.2. The predicted molar refractivity (Wildman–Crippen MR) is 93.7 cm³/mol. The number of hydrogen-bond acceptors (Lipinski definition) is 6. The first-order valence-corrected chi connectivity index (χ1v) is 8.09. The monoisotopic (exact) mass is 345 g/mol. The van der Waals surface area contributed by atoms with Crippen molar-refractivity contribution in [3.8, 4) is 0 Å². The zero-order valence-corrected chi connectivity index (χ0v) is 14.3. The van der Waals surface area contributed by atoms with Gasteiger partial charge in [-0.3, -0.25) is 10.1 Å². The standard InChI is InChI=1S/C17H20FN5O2/c1-17(2,3)22-16-20-13(10-4-5-10)9-15(21-16)19-11-6-7-12(18)14(8-11)23(24)25/h6-10H,4-5H2,1-3H3,(H2,19,20,21,22). The van der Waals surface area contributed by atoms with Gasteiger partial charge in [-0.25, -0.2) is 4.98 Å². The maximum atomic E-state index is 13.5. The summed E-state index contributed by atoms with van der Waals surface area (Å²) in [6, 6.07) is 5.50. The molecule has 0 atom stereocenters. The van der Waals surface area contributed by atoms with E-state index in [1.54, 1.807) is 0 Å². The Morgan fingerprint density at radius 3 is 2.56 bits per heavy atom. The third kappa shape index (κ3) is 4.40. The maximum Gasteiger partial charge on any atom is 0.306 e. The summed E-state index contributed by atoms with van der Waals surface area (Å²) in [4.78, 5) is 19.1. The molecule has 1 heterocycles. The van der Waals surface area contributed by atoms with Crippen molar-refractivity contribution in [3.05, 3.63) is 45.9 Å². The maximum absolute atomic E-state index is 13.5. The molecule has 1 saturated carbocycles. The Bertz CT molecular complexity index is 815. The predicted octanol–water partition coefficient (Wildman–Crippen LogP) is 4.36. The van der Waals surface area contributed by atoms with E-state index in [2.05, 4.69) is 20.6 Å². The van der Waals surface area contributed by atoms with Crippen LogP contribution in [0.15, 0.2) is 24.3 Å². The molecule has 0 bridgehead atoms. The zero-order chi connectivity index (χ0) is 18.2. The molecule has 8 heteroatoms. The first-order chi connectivity index (χ1) is 11.7. The van der Waals surface area contributed by atoms with Crippen LogP contribution in [-0.2, 0) is 0 Å². The number of hydrogen-bond donors (Lipinski definition) is 2. The Hall–Kier alpha value is -2.77. The van der Waals surface area contributed by atoms with Crippen molar-refractivity contribution >= 4 is 23.1 Å². The number of nitrogens with one attached hydrogen (secondary N) is 2. The smallest absolute Gasteiger partial charge is 0.306 e. The second-order valence-corrected chi connectivity index (χ2v) is 7.20. The summed E-state index contributed by atoms with van der Waals surface area (Å²) in [6.45, 7) is 6.03. The van der Waals surface area contributed by atoms with Gasteiger partial charge in [-0.05, 0) is 45.7 Å². The lowest BCUT2D eigenvalue weighted by Crippen LogP contribution is -2.27. The van der Waals surface area contributed by atoms with Gasteiger partial charge in [0.15, 0.2) is 0 Å². The molecule has 1 aliphatic carbocycles. The molecule has 1 aromatic carbocycles. The molecule has 0 unspecified atom stereocenters. The van der Waals surface area contributed by atoms with Crippen LogP contribution in [0.2, 0.25) is 0 Å². The lowest BCUT2D eigenvalue weighted by Gasteiger charge is -2.21. The van der Waals surface area contributed by atoms with Gasteiger partial charge in [-0.15, -0.1) is 0 Å². The van der Waals surface area contributed by atoms with Crippen molar-refractivity contribution < 1.29 is 9.31 Å². The van der Waals surface area contributed by atoms with E-state index in [4.69, 9.17) is 0 Å². The molecule has 2 N–H and O–H groups in total. The van der Waals surface area contributed by atoms with Gasteiger partial charge in [0.1, 0.15) is 5.82 Å². The van der Waals surface area contributed by atoms with Crippen molar-refractivity contribution in [2.45, 2.75) is 45.1 Å². The molecule has 2 aromatic rings. The van der Waals surface area contributed by atoms with Crippen LogP contribution in [0.5, 0.6) is 0 Å². The minimum Gasteiger partial charge on any atom is -0.350 e. The molecule has 132 valence electrons. The van der Waals surface area contributed by atoms with Crippen molar-refractivity contribution in [1.82, 2.24) is 9.97 Å². The molecule has 0 saturated heterocycles. The van der Waals surface area contributed by atoms with Gasteiger partial charge < -0.3 is 10.6 Å². The molecule has 3 rings (SSSR count). The van der Waals surface area contributed by atoms with E-state index in [9.17, 15) is 14.5 Å². The van der Waals surface area contributed by atoms with Crippen LogP contribution in [0.25, 0.3) is 0 Å². The fraction of sp³-hybridized carbons (Fsp3) is 0.412. The number of aromatic nitrogens is 2. The van der Waals surface area contributed by atoms with Crippen molar-refractivity contribution in [2.24, 2.45) is 0 Å². The quantitative estimate of drug-likeness (QED) is 0.618. The summed E-state index contributed by atoms with van der Waals surface area (Å²) in [5.41, 5.74) is 0.555. The summed E-state index contributed by atoms with van der Waals surface area (Å²) in [7, 11) is 0. The Kier molecular flexibility index (Phi) is 4.28. The van der Waals surface area contributed by atoms with E-state index < -0.39 is 16.4 Å². The summed E-state index contributed by atoms with van der Waals surface area (Å²) in [5, 5.41) is 17.1. The van der Waals surface area contributed by atoms with E-state index in [1.165, 1.54) is 6.07 Å². The van der Waals surface area contributed by atoms with E-state index >= 15 is 0 Å². The molecule has 0 radical (unpaired) electrons. The highest BCUT2D eigenvalue weighted by atomic mass is 19.1. The highest BCUT2D eigenvalue weighted by Crippen LogP contribution is 2.40. The van der Waals surface area contributed by atoms with Crippen LogP contribution in [0, 0.1) is 15.9 Å². The molecule has 1 aromatic heterocycles. The summed E-state index contributed by atoms with van der Waals surface area (Å²) in [6.07, 6.45) is 2.18. The first kappa shape index (κ1) is 17.1. The summed E-state index contributed by atoms with van der Waals surface area (Å²) < 4.78 is 13.5. The first-order valence-electron chi connectivity index (χ1n) is 8.09. The van der Waals surface area contributed by atoms with Gasteiger partial charge in [0.05, 0.1) is 10.6 Å². The minimum absolute atomic E-state index is 0.200. The number of anilines is 3. The van der Waals surface area contributed by atoms with E-state index in [0.717, 1.165) is 30.7 Å². The molecular formula is C17H20FN5O2. The third-order valence-electron chi connectivity index (χ3n) is 3.64. The van der Waals surface area contributed by atoms with Crippen molar-refractivity contribution in [3.63, 3.8) is 0 Å². The van der Waals surface area contributed by atoms with Crippen LogP contribution >= 0.6 is 0 Å². The number of benzene rings is 1. The van der Waals surface area contributed by atoms with Crippen LogP contribution < -0.4 is 10.6 Å². The van der Waals surface area contributed by atoms with Gasteiger partial charge in [-0.1, -0.05) is 0 Å². The molecular weight excluding hydrogens is 325 g/mol. The van der Waals surface area contributed by atoms with Crippen LogP contribution in [0.3, 0.4) is 0 Å². The van der Waals surface area contributed by atoms with E-state index in [1.807, 2.05) is 26.8 Å². The lowest BCUT2D eigenvalue weighted by molar-refractivity contribution is -0.387. The number of rotatable bonds is 5. The number of nitro groups is 1. The van der Waals surface area contributed by atoms with Crippen LogP contribution in [-0.4, -0.2) is 20.4 Å². The average molecular weight is 345 g/mol. The van der Waals surface area contributed by atoms with Crippen molar-refractivity contribution in [1.29, 1.82) is 0 Å². The van der Waals surface area contributed by atoms with Crippen LogP contribution in [0.1, 0.15) is 45.2 Å². The minimum atomic E-state index is -0.869. The lowest BCUT2D eigenvalue weighted by atomic mass is 10.1. The molecule has 0 aliphatic heterocycles. The zero-order valence-electron chi connectivity index (χ0n) is 14.3. The topological polar surface area (TPSA) is 93.0 Å². The van der Waals surface area contributed by atoms with Crippen molar-refractivity contribution in [2.75, 3.05) is 10.6 Å². The van der Waals surface area contributed by atoms with E-state index in [-0.39, 0.29) is 5.54 Å². The second kappa shape index (κ2) is 6.27. The Balaban J connectivity index is 1.91. The summed E-state index contributed by atoms with van der Waals surface area (Å²) in [5.74, 6) is 0.569. The fourth-order valence-electron chi connectivity index (χ4n) is 2.39. The SMILES string of the molecule is CC(C)(C)Nc1nc(Nc2ccc(F)c([N+](=O)[O-])c2)cc(C2CC2)n1.